The van der Waals surface area contributed by atoms with Crippen molar-refractivity contribution in [3.05, 3.63) is 22.7 Å². The first-order chi connectivity index (χ1) is 11.9. The van der Waals surface area contributed by atoms with Crippen molar-refractivity contribution in [2.24, 2.45) is 5.73 Å². The fourth-order valence-electron chi connectivity index (χ4n) is 3.76. The summed E-state index contributed by atoms with van der Waals surface area (Å²) in [5, 5.41) is 0. The number of piperazine rings is 1. The Bertz CT molecular complexity index is 665. The topological polar surface area (TPSA) is 84.5 Å². The number of nitrogens with zero attached hydrogens (tertiary/aromatic N) is 4. The van der Waals surface area contributed by atoms with Crippen molar-refractivity contribution >= 4 is 11.7 Å². The fraction of sp³-hybridized carbons (Fsp3) is 0.722. The van der Waals surface area contributed by atoms with Gasteiger partial charge in [0.25, 0.3) is 0 Å². The summed E-state index contributed by atoms with van der Waals surface area (Å²) in [6.07, 6.45) is 7.66. The van der Waals surface area contributed by atoms with Gasteiger partial charge in [0, 0.05) is 38.4 Å². The molecular formula is C18H29N5O2. The summed E-state index contributed by atoms with van der Waals surface area (Å²) in [5.74, 6) is 0.670. The maximum absolute atomic E-state index is 12.4. The third-order valence-electron chi connectivity index (χ3n) is 5.23. The average Bonchev–Trinajstić information content (AvgIpc) is 2.61. The molecule has 0 unspecified atom stereocenters. The van der Waals surface area contributed by atoms with E-state index in [1.54, 1.807) is 23.3 Å². The van der Waals surface area contributed by atoms with E-state index in [-0.39, 0.29) is 11.6 Å². The quantitative estimate of drug-likeness (QED) is 0.886. The number of hydrogen-bond acceptors (Lipinski definition) is 5. The van der Waals surface area contributed by atoms with Crippen molar-refractivity contribution in [3.63, 3.8) is 0 Å². The van der Waals surface area contributed by atoms with Gasteiger partial charge in [-0.3, -0.25) is 9.36 Å². The summed E-state index contributed by atoms with van der Waals surface area (Å²) < 4.78 is 1.79. The Labute approximate surface area is 148 Å². The normalized spacial score (nSPS) is 20.0. The van der Waals surface area contributed by atoms with Crippen LogP contribution in [0.15, 0.2) is 17.1 Å². The van der Waals surface area contributed by atoms with E-state index in [9.17, 15) is 9.59 Å². The highest BCUT2D eigenvalue weighted by molar-refractivity contribution is 5.85. The molecule has 2 fully saturated rings. The van der Waals surface area contributed by atoms with E-state index in [1.165, 1.54) is 19.3 Å². The number of amides is 1. The zero-order valence-corrected chi connectivity index (χ0v) is 15.3. The Hall–Kier alpha value is -1.89. The largest absolute Gasteiger partial charge is 0.353 e. The van der Waals surface area contributed by atoms with Crippen molar-refractivity contribution in [3.8, 4) is 0 Å². The maximum Gasteiger partial charge on any atom is 0.349 e. The van der Waals surface area contributed by atoms with Gasteiger partial charge in [-0.05, 0) is 32.8 Å². The second kappa shape index (κ2) is 7.15. The summed E-state index contributed by atoms with van der Waals surface area (Å²) in [6.45, 7) is 6.01. The van der Waals surface area contributed by atoms with Crippen molar-refractivity contribution < 1.29 is 4.79 Å². The number of carbonyl (C=O) groups is 1. The lowest BCUT2D eigenvalue weighted by Crippen LogP contribution is -2.57. The van der Waals surface area contributed by atoms with Crippen molar-refractivity contribution in [2.45, 2.75) is 57.5 Å². The number of anilines is 1. The molecule has 1 saturated heterocycles. The molecule has 1 aliphatic heterocycles. The van der Waals surface area contributed by atoms with Gasteiger partial charge in [0.05, 0.1) is 5.54 Å². The minimum atomic E-state index is -0.846. The van der Waals surface area contributed by atoms with Gasteiger partial charge < -0.3 is 15.5 Å². The van der Waals surface area contributed by atoms with Crippen LogP contribution in [0.5, 0.6) is 0 Å². The van der Waals surface area contributed by atoms with Gasteiger partial charge in [-0.15, -0.1) is 0 Å². The zero-order valence-electron chi connectivity index (χ0n) is 15.3. The average molecular weight is 347 g/mol. The van der Waals surface area contributed by atoms with Gasteiger partial charge in [-0.25, -0.2) is 4.79 Å². The van der Waals surface area contributed by atoms with Crippen LogP contribution in [0.3, 0.4) is 0 Å². The molecule has 2 aliphatic rings. The molecule has 0 aromatic carbocycles. The predicted molar refractivity (Wildman–Crippen MR) is 97.7 cm³/mol. The predicted octanol–water partition coefficient (Wildman–Crippen LogP) is 1.13. The number of carbonyl (C=O) groups excluding carboxylic acids is 1. The Morgan fingerprint density at radius 1 is 1.16 bits per heavy atom. The minimum absolute atomic E-state index is 0.0344. The van der Waals surface area contributed by atoms with Crippen LogP contribution in [0, 0.1) is 0 Å². The molecule has 0 radical (unpaired) electrons. The molecule has 3 rings (SSSR count). The molecule has 1 aromatic heterocycles. The minimum Gasteiger partial charge on any atom is -0.353 e. The van der Waals surface area contributed by atoms with Gasteiger partial charge in [-0.2, -0.15) is 4.98 Å². The smallest absolute Gasteiger partial charge is 0.349 e. The van der Waals surface area contributed by atoms with Crippen LogP contribution in [0.1, 0.15) is 52.0 Å². The molecule has 0 spiro atoms. The first-order valence-corrected chi connectivity index (χ1v) is 9.28. The van der Waals surface area contributed by atoms with Gasteiger partial charge in [0.15, 0.2) is 0 Å². The molecule has 0 atom stereocenters. The van der Waals surface area contributed by atoms with E-state index in [1.807, 2.05) is 12.3 Å². The lowest BCUT2D eigenvalue weighted by atomic mass is 9.95. The molecule has 1 aromatic rings. The lowest BCUT2D eigenvalue weighted by molar-refractivity contribution is -0.136. The molecule has 7 nitrogen and oxygen atoms in total. The van der Waals surface area contributed by atoms with E-state index < -0.39 is 5.54 Å². The molecule has 7 heteroatoms. The highest BCUT2D eigenvalue weighted by atomic mass is 16.2. The van der Waals surface area contributed by atoms with Gasteiger partial charge in [0.1, 0.15) is 5.82 Å². The summed E-state index contributed by atoms with van der Waals surface area (Å²) >= 11 is 0. The Kier molecular flexibility index (Phi) is 5.13. The first-order valence-electron chi connectivity index (χ1n) is 9.28. The SMILES string of the molecule is CC(C)(N)C(=O)N1CCN(c2ccn(C3CCCCC3)c(=O)n2)CC1. The van der Waals surface area contributed by atoms with Crippen LogP contribution >= 0.6 is 0 Å². The maximum atomic E-state index is 12.4. The van der Waals surface area contributed by atoms with E-state index in [4.69, 9.17) is 5.73 Å². The molecule has 1 aliphatic carbocycles. The van der Waals surface area contributed by atoms with Crippen molar-refractivity contribution in [1.82, 2.24) is 14.5 Å². The van der Waals surface area contributed by atoms with E-state index in [2.05, 4.69) is 9.88 Å². The number of rotatable bonds is 3. The van der Waals surface area contributed by atoms with Crippen LogP contribution in [-0.4, -0.2) is 52.1 Å². The Balaban J connectivity index is 1.65. The van der Waals surface area contributed by atoms with Crippen LogP contribution in [0.2, 0.25) is 0 Å². The van der Waals surface area contributed by atoms with E-state index >= 15 is 0 Å². The Morgan fingerprint density at radius 3 is 2.36 bits per heavy atom. The first kappa shape index (κ1) is 17.9. The van der Waals surface area contributed by atoms with Crippen LogP contribution in [-0.2, 0) is 4.79 Å². The highest BCUT2D eigenvalue weighted by Crippen LogP contribution is 2.27. The van der Waals surface area contributed by atoms with Gasteiger partial charge in [0.2, 0.25) is 5.91 Å². The third kappa shape index (κ3) is 4.03. The molecule has 1 saturated carbocycles. The second-order valence-electron chi connectivity index (χ2n) is 7.77. The van der Waals surface area contributed by atoms with E-state index in [0.717, 1.165) is 12.8 Å². The number of nitrogens with two attached hydrogens (primary N) is 1. The van der Waals surface area contributed by atoms with Crippen LogP contribution in [0.25, 0.3) is 0 Å². The summed E-state index contributed by atoms with van der Waals surface area (Å²) in [4.78, 5) is 32.8. The lowest BCUT2D eigenvalue weighted by Gasteiger charge is -2.38. The molecule has 138 valence electrons. The third-order valence-corrected chi connectivity index (χ3v) is 5.23. The monoisotopic (exact) mass is 347 g/mol. The molecule has 1 amide bonds. The highest BCUT2D eigenvalue weighted by Gasteiger charge is 2.30. The standard InChI is InChI=1S/C18H29N5O2/c1-18(2,19)16(24)22-12-10-21(11-13-22)15-8-9-23(17(25)20-15)14-6-4-3-5-7-14/h8-9,14H,3-7,10-13,19H2,1-2H3. The van der Waals surface area contributed by atoms with Gasteiger partial charge in [-0.1, -0.05) is 19.3 Å². The second-order valence-corrected chi connectivity index (χ2v) is 7.77. The molecule has 2 N–H and O–H groups in total. The molecule has 25 heavy (non-hydrogen) atoms. The zero-order chi connectivity index (χ0) is 18.0. The van der Waals surface area contributed by atoms with Crippen LogP contribution < -0.4 is 16.3 Å². The summed E-state index contributed by atoms with van der Waals surface area (Å²) in [5.41, 5.74) is 4.89. The van der Waals surface area contributed by atoms with Crippen molar-refractivity contribution in [1.29, 1.82) is 0 Å². The van der Waals surface area contributed by atoms with Gasteiger partial charge >= 0.3 is 5.69 Å². The number of aromatic nitrogens is 2. The van der Waals surface area contributed by atoms with Crippen molar-refractivity contribution in [2.75, 3.05) is 31.1 Å². The molecule has 0 bridgehead atoms. The van der Waals surface area contributed by atoms with E-state index in [0.29, 0.717) is 38.0 Å². The molecule has 2 heterocycles. The summed E-state index contributed by atoms with van der Waals surface area (Å²) in [7, 11) is 0. The van der Waals surface area contributed by atoms with Crippen LogP contribution in [0.4, 0.5) is 5.82 Å². The molecular weight excluding hydrogens is 318 g/mol. The summed E-state index contributed by atoms with van der Waals surface area (Å²) in [6, 6.07) is 2.23. The number of hydrogen-bond donors (Lipinski definition) is 1. The Morgan fingerprint density at radius 2 is 1.80 bits per heavy atom. The fourth-order valence-corrected chi connectivity index (χ4v) is 3.76.